The Morgan fingerprint density at radius 1 is 0.615 bits per heavy atom. The lowest BCUT2D eigenvalue weighted by molar-refractivity contribution is -0.136. The summed E-state index contributed by atoms with van der Waals surface area (Å²) in [6, 6.07) is -7.61. The Kier molecular flexibility index (Phi) is 29.8. The maximum absolute atomic E-state index is 14.1. The van der Waals surface area contributed by atoms with E-state index < -0.39 is 102 Å². The molecule has 7 atom stereocenters. The van der Waals surface area contributed by atoms with E-state index in [0.29, 0.717) is 58.2 Å². The summed E-state index contributed by atoms with van der Waals surface area (Å²) < 4.78 is 0. The molecular formula is C44H83N13O8. The fourth-order valence-corrected chi connectivity index (χ4v) is 7.32. The van der Waals surface area contributed by atoms with Gasteiger partial charge in [0.1, 0.15) is 36.3 Å². The average molecular weight is 922 g/mol. The van der Waals surface area contributed by atoms with Crippen molar-refractivity contribution in [1.82, 2.24) is 37.2 Å². The summed E-state index contributed by atoms with van der Waals surface area (Å²) in [6.07, 6.45) is 10.7. The van der Waals surface area contributed by atoms with Crippen molar-refractivity contribution in [3.05, 3.63) is 0 Å². The van der Waals surface area contributed by atoms with Crippen molar-refractivity contribution in [3.8, 4) is 0 Å². The molecule has 17 N–H and O–H groups in total. The minimum absolute atomic E-state index is 0.0981. The van der Waals surface area contributed by atoms with Gasteiger partial charge < -0.3 is 65.9 Å². The molecule has 1 rings (SSSR count). The van der Waals surface area contributed by atoms with Gasteiger partial charge >= 0.3 is 0 Å². The van der Waals surface area contributed by atoms with E-state index >= 15 is 0 Å². The van der Waals surface area contributed by atoms with Crippen LogP contribution in [0.5, 0.6) is 0 Å². The fourth-order valence-electron chi connectivity index (χ4n) is 7.32. The lowest BCUT2D eigenvalue weighted by atomic mass is 9.96. The van der Waals surface area contributed by atoms with Crippen LogP contribution in [0, 0.1) is 11.8 Å². The maximum Gasteiger partial charge on any atom is 0.245 e. The summed E-state index contributed by atoms with van der Waals surface area (Å²) >= 11 is 0. The maximum atomic E-state index is 14.1. The van der Waals surface area contributed by atoms with Gasteiger partial charge in [-0.25, -0.2) is 0 Å². The van der Waals surface area contributed by atoms with Crippen LogP contribution in [0.2, 0.25) is 0 Å². The SMILES string of the molecule is CC[C@@H](C)[C@H]1NC(=O)[C@H](CC(C)C)NC(=O)[C@@H](CCCCN)NC(=O)C(NC(=O)CCCCCCCCCCCN=C(N)N)CNC(=O)[C@@H](CCCCN)NC(=O)[C@@H](CC(N)=O)NC1=O. The second-order valence-corrected chi connectivity index (χ2v) is 17.6. The van der Waals surface area contributed by atoms with E-state index in [0.717, 1.165) is 51.4 Å². The average Bonchev–Trinajstić information content (AvgIpc) is 3.24. The minimum atomic E-state index is -1.53. The lowest BCUT2D eigenvalue weighted by Crippen LogP contribution is -2.60. The molecule has 372 valence electrons. The van der Waals surface area contributed by atoms with Crippen LogP contribution in [-0.2, 0) is 38.4 Å². The van der Waals surface area contributed by atoms with E-state index in [4.69, 9.17) is 28.7 Å². The number of amides is 8. The number of hydrogen-bond donors (Lipinski definition) is 12. The first-order valence-electron chi connectivity index (χ1n) is 23.8. The zero-order chi connectivity index (χ0) is 48.7. The molecule has 1 heterocycles. The summed E-state index contributed by atoms with van der Waals surface area (Å²) in [5.41, 5.74) is 27.7. The summed E-state index contributed by atoms with van der Waals surface area (Å²) in [4.78, 5) is 113. The second kappa shape index (κ2) is 33.4. The van der Waals surface area contributed by atoms with Gasteiger partial charge in [-0.1, -0.05) is 79.1 Å². The number of carbonyl (C=O) groups excluding carboxylic acids is 8. The molecule has 1 unspecified atom stereocenters. The van der Waals surface area contributed by atoms with E-state index in [9.17, 15) is 38.4 Å². The highest BCUT2D eigenvalue weighted by molar-refractivity contribution is 5.98. The molecule has 0 radical (unpaired) electrons. The number of primary amides is 1. The molecule has 0 spiro atoms. The van der Waals surface area contributed by atoms with Crippen molar-refractivity contribution in [1.29, 1.82) is 0 Å². The van der Waals surface area contributed by atoms with Crippen LogP contribution in [0.1, 0.15) is 150 Å². The topological polar surface area (TPSA) is 363 Å². The molecule has 0 aromatic carbocycles. The van der Waals surface area contributed by atoms with Crippen molar-refractivity contribution in [2.24, 2.45) is 45.5 Å². The first-order chi connectivity index (χ1) is 30.9. The van der Waals surface area contributed by atoms with Crippen LogP contribution in [-0.4, -0.2) is 116 Å². The lowest BCUT2D eigenvalue weighted by Gasteiger charge is -2.29. The molecule has 1 aliphatic heterocycles. The normalized spacial score (nSPS) is 22.1. The minimum Gasteiger partial charge on any atom is -0.370 e. The van der Waals surface area contributed by atoms with Crippen LogP contribution in [0.3, 0.4) is 0 Å². The number of aliphatic imine (C=N–C) groups is 1. The highest BCUT2D eigenvalue weighted by atomic mass is 16.2. The number of hydrogen-bond acceptors (Lipinski definition) is 11. The fraction of sp³-hybridized carbons (Fsp3) is 0.795. The van der Waals surface area contributed by atoms with Gasteiger partial charge in [0, 0.05) is 19.5 Å². The van der Waals surface area contributed by atoms with Crippen LogP contribution < -0.4 is 65.9 Å². The van der Waals surface area contributed by atoms with Gasteiger partial charge in [-0.3, -0.25) is 43.3 Å². The number of guanidine groups is 1. The van der Waals surface area contributed by atoms with E-state index in [1.807, 2.05) is 13.8 Å². The molecule has 65 heavy (non-hydrogen) atoms. The van der Waals surface area contributed by atoms with Crippen molar-refractivity contribution < 1.29 is 38.4 Å². The van der Waals surface area contributed by atoms with Crippen LogP contribution in [0.15, 0.2) is 4.99 Å². The third-order valence-electron chi connectivity index (χ3n) is 11.3. The first-order valence-corrected chi connectivity index (χ1v) is 23.8. The van der Waals surface area contributed by atoms with Crippen LogP contribution >= 0.6 is 0 Å². The molecule has 0 saturated carbocycles. The zero-order valence-electron chi connectivity index (χ0n) is 39.5. The van der Waals surface area contributed by atoms with Crippen LogP contribution in [0.25, 0.3) is 0 Å². The molecule has 1 fully saturated rings. The molecule has 1 aliphatic rings. The summed E-state index contributed by atoms with van der Waals surface area (Å²) in [5, 5.41) is 18.8. The van der Waals surface area contributed by atoms with Crippen molar-refractivity contribution in [3.63, 3.8) is 0 Å². The van der Waals surface area contributed by atoms with Gasteiger partial charge in [0.05, 0.1) is 6.42 Å². The Morgan fingerprint density at radius 3 is 1.65 bits per heavy atom. The van der Waals surface area contributed by atoms with E-state index in [2.05, 4.69) is 42.2 Å². The highest BCUT2D eigenvalue weighted by Gasteiger charge is 2.36. The van der Waals surface area contributed by atoms with Gasteiger partial charge in [0.2, 0.25) is 47.3 Å². The Bertz CT molecular complexity index is 1530. The third kappa shape index (κ3) is 25.3. The molecule has 21 heteroatoms. The largest absolute Gasteiger partial charge is 0.370 e. The summed E-state index contributed by atoms with van der Waals surface area (Å²) in [5.74, 6) is -6.30. The molecule has 21 nitrogen and oxygen atoms in total. The molecule has 0 aromatic rings. The molecule has 0 bridgehead atoms. The predicted molar refractivity (Wildman–Crippen MR) is 250 cm³/mol. The number of nitrogens with one attached hydrogen (secondary N) is 7. The molecular weight excluding hydrogens is 839 g/mol. The standard InChI is InChI=1S/C44H83N13O8/c1-5-29(4)37-43(65)56-33(26-35(47)58)40(62)53-30(19-14-16-22-45)38(60)51-27-34(52-36(59)21-13-11-9-7-6-8-10-12-18-24-50-44(48)49)42(64)54-31(20-15-17-23-46)39(61)55-32(25-28(2)3)41(63)57-37/h28-34,37H,5-27,45-46H2,1-4H3,(H2,47,58)(H,51,60)(H,52,59)(H,53,62)(H,54,64)(H,55,61)(H,56,65)(H,57,63)(H4,48,49,50)/t29-,30-,31-,32+,33-,34?,37-/m1/s1. The van der Waals surface area contributed by atoms with Crippen molar-refractivity contribution in [2.75, 3.05) is 26.2 Å². The van der Waals surface area contributed by atoms with Crippen molar-refractivity contribution >= 4 is 53.2 Å². The Balaban J connectivity index is 3.49. The number of unbranched alkanes of at least 4 members (excludes halogenated alkanes) is 10. The van der Waals surface area contributed by atoms with Crippen molar-refractivity contribution in [2.45, 2.75) is 186 Å². The number of carbonyl (C=O) groups is 8. The highest BCUT2D eigenvalue weighted by Crippen LogP contribution is 2.14. The third-order valence-corrected chi connectivity index (χ3v) is 11.3. The van der Waals surface area contributed by atoms with Crippen LogP contribution in [0.4, 0.5) is 0 Å². The van der Waals surface area contributed by atoms with Gasteiger partial charge in [-0.05, 0) is 82.7 Å². The molecule has 8 amide bonds. The Labute approximate surface area is 385 Å². The zero-order valence-corrected chi connectivity index (χ0v) is 39.5. The van der Waals surface area contributed by atoms with E-state index in [1.54, 1.807) is 13.8 Å². The molecule has 0 aliphatic carbocycles. The first kappa shape index (κ1) is 58.0. The quantitative estimate of drug-likeness (QED) is 0.0280. The molecule has 0 aromatic heterocycles. The summed E-state index contributed by atoms with van der Waals surface area (Å²) in [7, 11) is 0. The smallest absolute Gasteiger partial charge is 0.245 e. The van der Waals surface area contributed by atoms with Gasteiger partial charge in [0.15, 0.2) is 5.96 Å². The molecule has 1 saturated heterocycles. The number of rotatable bonds is 27. The number of nitrogens with zero attached hydrogens (tertiary/aromatic N) is 1. The Hall–Kier alpha value is -5.05. The van der Waals surface area contributed by atoms with Gasteiger partial charge in [0.25, 0.3) is 0 Å². The van der Waals surface area contributed by atoms with E-state index in [-0.39, 0.29) is 37.6 Å². The summed E-state index contributed by atoms with van der Waals surface area (Å²) in [6.45, 7) is 8.08. The van der Waals surface area contributed by atoms with E-state index in [1.165, 1.54) is 0 Å². The van der Waals surface area contributed by atoms with Gasteiger partial charge in [-0.15, -0.1) is 0 Å². The second-order valence-electron chi connectivity index (χ2n) is 17.6. The Morgan fingerprint density at radius 2 is 1.11 bits per heavy atom. The van der Waals surface area contributed by atoms with Gasteiger partial charge in [-0.2, -0.15) is 0 Å². The monoisotopic (exact) mass is 922 g/mol. The predicted octanol–water partition coefficient (Wildman–Crippen LogP) is -0.575. The number of nitrogens with two attached hydrogens (primary N) is 5.